The number of carbonyl (C=O) groups excluding carboxylic acids is 1. The van der Waals surface area contributed by atoms with Gasteiger partial charge in [0.1, 0.15) is 22.8 Å². The van der Waals surface area contributed by atoms with Gasteiger partial charge in [-0.15, -0.1) is 0 Å². The quantitative estimate of drug-likeness (QED) is 0.523. The molecule has 0 spiro atoms. The van der Waals surface area contributed by atoms with Crippen LogP contribution in [0.1, 0.15) is 16.8 Å². The Hall–Kier alpha value is -1.75. The van der Waals surface area contributed by atoms with E-state index in [1.807, 2.05) is 0 Å². The van der Waals surface area contributed by atoms with E-state index >= 15 is 0 Å². The number of ketones is 1. The Balaban J connectivity index is 3.14. The fraction of sp³-hybridized carbons (Fsp3) is 0.222. The van der Waals surface area contributed by atoms with Crippen LogP contribution in [0.25, 0.3) is 0 Å². The van der Waals surface area contributed by atoms with Crippen molar-refractivity contribution in [3.05, 3.63) is 17.7 Å². The van der Waals surface area contributed by atoms with E-state index in [1.165, 1.54) is 0 Å². The van der Waals surface area contributed by atoms with E-state index in [9.17, 15) is 15.0 Å². The number of hydrogen-bond acceptors (Lipinski definition) is 5. The number of nitrogens with two attached hydrogens (primary N) is 1. The van der Waals surface area contributed by atoms with E-state index in [0.717, 1.165) is 12.1 Å². The molecule has 0 saturated carbocycles. The number of hydrogen-bond donors (Lipinski definition) is 4. The summed E-state index contributed by atoms with van der Waals surface area (Å²) in [5.74, 6) is -1.64. The maximum atomic E-state index is 11.3. The molecular formula is C9H11NO4. The van der Waals surface area contributed by atoms with Gasteiger partial charge >= 0.3 is 0 Å². The molecular weight excluding hydrogens is 186 g/mol. The molecule has 0 heterocycles. The van der Waals surface area contributed by atoms with Gasteiger partial charge in [0.25, 0.3) is 0 Å². The van der Waals surface area contributed by atoms with Gasteiger partial charge in [0, 0.05) is 18.6 Å². The van der Waals surface area contributed by atoms with Crippen LogP contribution in [-0.2, 0) is 0 Å². The summed E-state index contributed by atoms with van der Waals surface area (Å²) in [5.41, 5.74) is 4.96. The number of benzene rings is 1. The average Bonchev–Trinajstić information content (AvgIpc) is 2.01. The monoisotopic (exact) mass is 197 g/mol. The van der Waals surface area contributed by atoms with Crippen LogP contribution in [0.5, 0.6) is 17.2 Å². The second-order valence-electron chi connectivity index (χ2n) is 2.82. The summed E-state index contributed by atoms with van der Waals surface area (Å²) < 4.78 is 0. The van der Waals surface area contributed by atoms with E-state index in [2.05, 4.69) is 0 Å². The zero-order valence-electron chi connectivity index (χ0n) is 7.40. The molecule has 0 aliphatic heterocycles. The van der Waals surface area contributed by atoms with Crippen LogP contribution in [0.3, 0.4) is 0 Å². The third kappa shape index (κ3) is 1.94. The number of rotatable bonds is 3. The second kappa shape index (κ2) is 3.97. The zero-order chi connectivity index (χ0) is 10.7. The van der Waals surface area contributed by atoms with Gasteiger partial charge in [-0.05, 0) is 6.54 Å². The first kappa shape index (κ1) is 10.3. The molecule has 14 heavy (non-hydrogen) atoms. The molecule has 0 atom stereocenters. The highest BCUT2D eigenvalue weighted by molar-refractivity contribution is 6.01. The molecule has 1 aromatic carbocycles. The molecule has 1 aromatic rings. The first-order valence-corrected chi connectivity index (χ1v) is 4.04. The van der Waals surface area contributed by atoms with Crippen molar-refractivity contribution in [3.63, 3.8) is 0 Å². The normalized spacial score (nSPS) is 10.1. The third-order valence-corrected chi connectivity index (χ3v) is 1.73. The molecule has 0 amide bonds. The van der Waals surface area contributed by atoms with Crippen molar-refractivity contribution in [2.24, 2.45) is 5.73 Å². The van der Waals surface area contributed by atoms with Crippen LogP contribution in [0, 0.1) is 0 Å². The van der Waals surface area contributed by atoms with Gasteiger partial charge in [0.15, 0.2) is 5.78 Å². The summed E-state index contributed by atoms with van der Waals surface area (Å²) in [7, 11) is 0. The summed E-state index contributed by atoms with van der Waals surface area (Å²) >= 11 is 0. The molecule has 0 unspecified atom stereocenters. The van der Waals surface area contributed by atoms with Gasteiger partial charge in [0.05, 0.1) is 0 Å². The van der Waals surface area contributed by atoms with E-state index in [0.29, 0.717) is 0 Å². The van der Waals surface area contributed by atoms with Crippen LogP contribution in [-0.4, -0.2) is 27.6 Å². The summed E-state index contributed by atoms with van der Waals surface area (Å²) in [5, 5.41) is 27.5. The van der Waals surface area contributed by atoms with Crippen LogP contribution in [0.2, 0.25) is 0 Å². The van der Waals surface area contributed by atoms with Crippen molar-refractivity contribution in [2.45, 2.75) is 6.42 Å². The van der Waals surface area contributed by atoms with E-state index in [-0.39, 0.29) is 24.3 Å². The topological polar surface area (TPSA) is 104 Å². The molecule has 0 saturated heterocycles. The Morgan fingerprint density at radius 2 is 1.71 bits per heavy atom. The molecule has 5 nitrogen and oxygen atoms in total. The van der Waals surface area contributed by atoms with Crippen LogP contribution in [0.4, 0.5) is 0 Å². The molecule has 5 N–H and O–H groups in total. The minimum atomic E-state index is -0.456. The van der Waals surface area contributed by atoms with Gasteiger partial charge in [-0.2, -0.15) is 0 Å². The fourth-order valence-electron chi connectivity index (χ4n) is 1.14. The highest BCUT2D eigenvalue weighted by Gasteiger charge is 2.16. The van der Waals surface area contributed by atoms with Crippen molar-refractivity contribution in [1.29, 1.82) is 0 Å². The number of aromatic hydroxyl groups is 3. The first-order chi connectivity index (χ1) is 6.56. The van der Waals surface area contributed by atoms with Crippen molar-refractivity contribution in [1.82, 2.24) is 0 Å². The fourth-order valence-corrected chi connectivity index (χ4v) is 1.14. The van der Waals surface area contributed by atoms with E-state index < -0.39 is 17.3 Å². The number of carbonyl (C=O) groups is 1. The summed E-state index contributed by atoms with van der Waals surface area (Å²) in [4.78, 5) is 11.3. The number of phenolic OH excluding ortho intramolecular Hbond substituents is 3. The predicted molar refractivity (Wildman–Crippen MR) is 49.4 cm³/mol. The molecule has 0 aliphatic carbocycles. The van der Waals surface area contributed by atoms with Crippen LogP contribution in [0.15, 0.2) is 12.1 Å². The minimum Gasteiger partial charge on any atom is -0.508 e. The summed E-state index contributed by atoms with van der Waals surface area (Å²) in [6.45, 7) is 0.137. The summed E-state index contributed by atoms with van der Waals surface area (Å²) in [6.07, 6.45) is 0.0336. The Morgan fingerprint density at radius 1 is 1.21 bits per heavy atom. The summed E-state index contributed by atoms with van der Waals surface area (Å²) in [6, 6.07) is 1.98. The third-order valence-electron chi connectivity index (χ3n) is 1.73. The van der Waals surface area contributed by atoms with Gasteiger partial charge < -0.3 is 21.1 Å². The Bertz CT molecular complexity index is 339. The lowest BCUT2D eigenvalue weighted by molar-refractivity contribution is 0.0980. The van der Waals surface area contributed by atoms with Crippen molar-refractivity contribution in [2.75, 3.05) is 6.54 Å². The van der Waals surface area contributed by atoms with E-state index in [1.54, 1.807) is 0 Å². The molecule has 0 aliphatic rings. The average molecular weight is 197 g/mol. The Morgan fingerprint density at radius 3 is 2.14 bits per heavy atom. The van der Waals surface area contributed by atoms with Crippen molar-refractivity contribution in [3.8, 4) is 17.2 Å². The lowest BCUT2D eigenvalue weighted by Gasteiger charge is -2.05. The maximum absolute atomic E-state index is 11.3. The van der Waals surface area contributed by atoms with Gasteiger partial charge in [-0.25, -0.2) is 0 Å². The number of Topliss-reactive ketones (excluding diaryl/α,β-unsaturated/α-hetero) is 1. The molecule has 76 valence electrons. The van der Waals surface area contributed by atoms with Crippen LogP contribution >= 0.6 is 0 Å². The zero-order valence-corrected chi connectivity index (χ0v) is 7.40. The largest absolute Gasteiger partial charge is 0.508 e. The molecule has 0 bridgehead atoms. The second-order valence-corrected chi connectivity index (χ2v) is 2.82. The van der Waals surface area contributed by atoms with Crippen molar-refractivity contribution >= 4 is 5.78 Å². The van der Waals surface area contributed by atoms with Gasteiger partial charge in [-0.1, -0.05) is 0 Å². The van der Waals surface area contributed by atoms with Gasteiger partial charge in [-0.3, -0.25) is 4.79 Å². The smallest absolute Gasteiger partial charge is 0.171 e. The van der Waals surface area contributed by atoms with Crippen molar-refractivity contribution < 1.29 is 20.1 Å². The van der Waals surface area contributed by atoms with Gasteiger partial charge in [0.2, 0.25) is 0 Å². The number of phenols is 3. The lowest BCUT2D eigenvalue weighted by atomic mass is 10.1. The minimum absolute atomic E-state index is 0.0336. The first-order valence-electron chi connectivity index (χ1n) is 4.04. The Kier molecular flexibility index (Phi) is 2.93. The highest BCUT2D eigenvalue weighted by Crippen LogP contribution is 2.32. The lowest BCUT2D eigenvalue weighted by Crippen LogP contribution is -2.08. The maximum Gasteiger partial charge on any atom is 0.171 e. The molecule has 0 aromatic heterocycles. The standard InChI is InChI=1S/C9H11NO4/c10-2-1-6(12)9-7(13)3-5(11)4-8(9)14/h3-4,11,13-14H,1-2,10H2. The highest BCUT2D eigenvalue weighted by atomic mass is 16.3. The Labute approximate surface area is 80.4 Å². The molecule has 0 fully saturated rings. The molecule has 1 rings (SSSR count). The molecule has 5 heteroatoms. The van der Waals surface area contributed by atoms with E-state index in [4.69, 9.17) is 10.8 Å². The van der Waals surface area contributed by atoms with Crippen LogP contribution < -0.4 is 5.73 Å². The SMILES string of the molecule is NCCC(=O)c1c(O)cc(O)cc1O. The predicted octanol–water partition coefficient (Wildman–Crippen LogP) is 0.335. The molecule has 0 radical (unpaired) electrons.